The number of hydrogen-bond acceptors (Lipinski definition) is 2. The van der Waals surface area contributed by atoms with E-state index in [0.29, 0.717) is 5.78 Å². The number of imidazole rings is 1. The van der Waals surface area contributed by atoms with Crippen LogP contribution in [0.15, 0.2) is 55.0 Å². The normalized spacial score (nSPS) is 21.5. The molecular weight excluding hydrogens is 327 g/mol. The minimum Gasteiger partial charge on any atom is -0.306 e. The van der Waals surface area contributed by atoms with Crippen molar-refractivity contribution in [1.29, 1.82) is 0 Å². The molecule has 2 aliphatic carbocycles. The lowest BCUT2D eigenvalue weighted by atomic mass is 9.91. The molecule has 2 bridgehead atoms. The molecule has 26 heavy (non-hydrogen) atoms. The molecule has 0 N–H and O–H groups in total. The number of carbonyl (C=O) groups is 1. The molecular formula is C22H19FN2O. The number of Topliss-reactive ketones (excluding diaryl/α,β-unsaturated/α-hetero) is 1. The molecule has 3 aromatic rings. The van der Waals surface area contributed by atoms with Crippen molar-refractivity contribution in [2.24, 2.45) is 11.8 Å². The molecule has 1 aromatic heterocycles. The van der Waals surface area contributed by atoms with Gasteiger partial charge in [-0.1, -0.05) is 12.1 Å². The average molecular weight is 346 g/mol. The number of hydrogen-bond donors (Lipinski definition) is 0. The minimum atomic E-state index is -0.247. The zero-order valence-corrected chi connectivity index (χ0v) is 14.4. The van der Waals surface area contributed by atoms with Crippen molar-refractivity contribution >= 4 is 5.78 Å². The number of aromatic nitrogens is 2. The smallest absolute Gasteiger partial charge is 0.139 e. The maximum atomic E-state index is 13.1. The average Bonchev–Trinajstić information content (AvgIpc) is 3.21. The Morgan fingerprint density at radius 1 is 0.962 bits per heavy atom. The van der Waals surface area contributed by atoms with E-state index in [0.717, 1.165) is 42.6 Å². The van der Waals surface area contributed by atoms with Gasteiger partial charge in [0.15, 0.2) is 0 Å². The fourth-order valence-electron chi connectivity index (χ4n) is 4.36. The Balaban J connectivity index is 1.48. The monoisotopic (exact) mass is 346 g/mol. The third-order valence-electron chi connectivity index (χ3n) is 5.81. The summed E-state index contributed by atoms with van der Waals surface area (Å²) < 4.78 is 15.0. The summed E-state index contributed by atoms with van der Waals surface area (Å²) in [5, 5.41) is 0. The van der Waals surface area contributed by atoms with Gasteiger partial charge in [-0.15, -0.1) is 0 Å². The molecule has 3 nitrogen and oxygen atoms in total. The lowest BCUT2D eigenvalue weighted by Gasteiger charge is -2.13. The number of fused-ring (bicyclic) bond motifs is 3. The SMILES string of the molecule is O=C1[C@@H]2CC[C@H]1Cc1cc(-c3cn(-c4ccc(F)cc4)cn3)ccc1C2. The second-order valence-electron chi connectivity index (χ2n) is 7.41. The minimum absolute atomic E-state index is 0.202. The van der Waals surface area contributed by atoms with Crippen LogP contribution in [-0.2, 0) is 17.6 Å². The first-order valence-corrected chi connectivity index (χ1v) is 9.13. The van der Waals surface area contributed by atoms with E-state index in [-0.39, 0.29) is 17.7 Å². The third-order valence-corrected chi connectivity index (χ3v) is 5.81. The summed E-state index contributed by atoms with van der Waals surface area (Å²) >= 11 is 0. The van der Waals surface area contributed by atoms with Gasteiger partial charge in [0.05, 0.1) is 12.0 Å². The first-order valence-electron chi connectivity index (χ1n) is 9.13. The molecule has 1 fully saturated rings. The number of nitrogens with zero attached hydrogens (tertiary/aromatic N) is 2. The number of ketones is 1. The first kappa shape index (κ1) is 15.5. The van der Waals surface area contributed by atoms with Crippen molar-refractivity contribution in [2.75, 3.05) is 0 Å². The van der Waals surface area contributed by atoms with Crippen molar-refractivity contribution in [1.82, 2.24) is 9.55 Å². The van der Waals surface area contributed by atoms with E-state index in [9.17, 15) is 9.18 Å². The van der Waals surface area contributed by atoms with Gasteiger partial charge < -0.3 is 4.57 Å². The molecule has 2 aromatic carbocycles. The fourth-order valence-corrected chi connectivity index (χ4v) is 4.36. The summed E-state index contributed by atoms with van der Waals surface area (Å²) in [6.07, 6.45) is 7.54. The quantitative estimate of drug-likeness (QED) is 0.690. The van der Waals surface area contributed by atoms with Crippen molar-refractivity contribution in [3.63, 3.8) is 0 Å². The number of rotatable bonds is 2. The van der Waals surface area contributed by atoms with E-state index in [1.54, 1.807) is 18.5 Å². The van der Waals surface area contributed by atoms with E-state index in [1.807, 2.05) is 10.8 Å². The fraction of sp³-hybridized carbons (Fsp3) is 0.273. The third kappa shape index (κ3) is 2.57. The second kappa shape index (κ2) is 5.90. The highest BCUT2D eigenvalue weighted by Gasteiger charge is 2.37. The van der Waals surface area contributed by atoms with Gasteiger partial charge in [0.2, 0.25) is 0 Å². The summed E-state index contributed by atoms with van der Waals surface area (Å²) in [4.78, 5) is 16.9. The van der Waals surface area contributed by atoms with Gasteiger partial charge in [-0.2, -0.15) is 0 Å². The van der Waals surface area contributed by atoms with Crippen LogP contribution in [0.1, 0.15) is 24.0 Å². The second-order valence-corrected chi connectivity index (χ2v) is 7.41. The molecule has 4 heteroatoms. The van der Waals surface area contributed by atoms with E-state index in [2.05, 4.69) is 23.2 Å². The van der Waals surface area contributed by atoms with Gasteiger partial charge in [-0.05, 0) is 67.1 Å². The Kier molecular flexibility index (Phi) is 3.52. The van der Waals surface area contributed by atoms with Gasteiger partial charge in [0.25, 0.3) is 0 Å². The summed E-state index contributed by atoms with van der Waals surface area (Å²) in [5.41, 5.74) is 5.43. The van der Waals surface area contributed by atoms with Gasteiger partial charge in [0.1, 0.15) is 11.6 Å². The molecule has 1 heterocycles. The largest absolute Gasteiger partial charge is 0.306 e. The zero-order valence-electron chi connectivity index (χ0n) is 14.4. The molecule has 1 saturated carbocycles. The number of benzene rings is 2. The lowest BCUT2D eigenvalue weighted by Crippen LogP contribution is -2.13. The Morgan fingerprint density at radius 3 is 2.46 bits per heavy atom. The summed E-state index contributed by atoms with van der Waals surface area (Å²) in [6.45, 7) is 0. The van der Waals surface area contributed by atoms with Gasteiger partial charge in [-0.3, -0.25) is 4.79 Å². The standard InChI is InChI=1S/C22H19FN2O/c23-19-5-7-20(8-6-19)25-12-21(24-13-25)15-2-1-14-9-16-3-4-17(22(16)26)11-18(14)10-15/h1-2,5-8,10,12-13,16-17H,3-4,9,11H2/t16-,17+/m1/s1. The number of carbonyl (C=O) groups excluding carboxylic acids is 1. The van der Waals surface area contributed by atoms with E-state index in [4.69, 9.17) is 0 Å². The van der Waals surface area contributed by atoms with Crippen LogP contribution in [0.2, 0.25) is 0 Å². The van der Waals surface area contributed by atoms with E-state index >= 15 is 0 Å². The molecule has 0 aliphatic heterocycles. The Labute approximate surface area is 151 Å². The predicted molar refractivity (Wildman–Crippen MR) is 97.6 cm³/mol. The predicted octanol–water partition coefficient (Wildman–Crippen LogP) is 4.37. The van der Waals surface area contributed by atoms with Crippen molar-refractivity contribution in [2.45, 2.75) is 25.7 Å². The first-order chi connectivity index (χ1) is 12.7. The number of halogens is 1. The van der Waals surface area contributed by atoms with Crippen LogP contribution >= 0.6 is 0 Å². The molecule has 2 aliphatic rings. The van der Waals surface area contributed by atoms with Crippen LogP contribution in [0.25, 0.3) is 16.9 Å². The lowest BCUT2D eigenvalue weighted by molar-refractivity contribution is -0.123. The molecule has 0 unspecified atom stereocenters. The molecule has 0 radical (unpaired) electrons. The molecule has 2 atom stereocenters. The maximum absolute atomic E-state index is 13.1. The van der Waals surface area contributed by atoms with Crippen LogP contribution in [0.3, 0.4) is 0 Å². The molecule has 130 valence electrons. The highest BCUT2D eigenvalue weighted by Crippen LogP contribution is 2.38. The highest BCUT2D eigenvalue weighted by atomic mass is 19.1. The van der Waals surface area contributed by atoms with E-state index in [1.165, 1.54) is 23.3 Å². The molecule has 0 saturated heterocycles. The van der Waals surface area contributed by atoms with Gasteiger partial charge in [-0.25, -0.2) is 9.37 Å². The zero-order chi connectivity index (χ0) is 17.7. The van der Waals surface area contributed by atoms with Crippen LogP contribution in [0.5, 0.6) is 0 Å². The van der Waals surface area contributed by atoms with Crippen LogP contribution in [0.4, 0.5) is 4.39 Å². The van der Waals surface area contributed by atoms with Gasteiger partial charge in [0, 0.05) is 29.3 Å². The van der Waals surface area contributed by atoms with Crippen molar-refractivity contribution in [3.8, 4) is 16.9 Å². The summed E-state index contributed by atoms with van der Waals surface area (Å²) in [6, 6.07) is 12.8. The maximum Gasteiger partial charge on any atom is 0.139 e. The Morgan fingerprint density at radius 2 is 1.69 bits per heavy atom. The topological polar surface area (TPSA) is 34.9 Å². The van der Waals surface area contributed by atoms with Gasteiger partial charge >= 0.3 is 0 Å². The van der Waals surface area contributed by atoms with Crippen LogP contribution in [-0.4, -0.2) is 15.3 Å². The Hall–Kier alpha value is -2.75. The summed E-state index contributed by atoms with van der Waals surface area (Å²) in [7, 11) is 0. The molecule has 0 spiro atoms. The van der Waals surface area contributed by atoms with E-state index < -0.39 is 0 Å². The van der Waals surface area contributed by atoms with Crippen LogP contribution in [0, 0.1) is 17.7 Å². The molecule has 0 amide bonds. The summed E-state index contributed by atoms with van der Waals surface area (Å²) in [5.74, 6) is 0.644. The van der Waals surface area contributed by atoms with Crippen LogP contribution < -0.4 is 0 Å². The highest BCUT2D eigenvalue weighted by molar-refractivity contribution is 5.86. The van der Waals surface area contributed by atoms with Crippen molar-refractivity contribution < 1.29 is 9.18 Å². The Bertz CT molecular complexity index is 990. The van der Waals surface area contributed by atoms with Crippen molar-refractivity contribution in [3.05, 3.63) is 71.9 Å². The molecule has 5 rings (SSSR count).